The Morgan fingerprint density at radius 1 is 0.806 bits per heavy atom. The zero-order valence-electron chi connectivity index (χ0n) is 16.9. The monoisotopic (exact) mass is 434 g/mol. The van der Waals surface area contributed by atoms with E-state index in [1.807, 2.05) is 0 Å². The highest BCUT2D eigenvalue weighted by atomic mass is 35.5. The van der Waals surface area contributed by atoms with Gasteiger partial charge in [0.25, 0.3) is 11.8 Å². The third-order valence-electron chi connectivity index (χ3n) is 4.89. The molecule has 1 aliphatic rings. The highest BCUT2D eigenvalue weighted by Gasteiger charge is 2.40. The summed E-state index contributed by atoms with van der Waals surface area (Å²) in [6.45, 7) is 0. The molecule has 4 rings (SSSR count). The molecule has 6 nitrogen and oxygen atoms in total. The number of hydrogen-bond acceptors (Lipinski definition) is 5. The predicted molar refractivity (Wildman–Crippen MR) is 120 cm³/mol. The Hall–Kier alpha value is -3.77. The Morgan fingerprint density at radius 3 is 2.13 bits per heavy atom. The fraction of sp³-hybridized carbons (Fsp3) is 0.0833. The second-order valence-corrected chi connectivity index (χ2v) is 7.19. The van der Waals surface area contributed by atoms with Gasteiger partial charge in [0.1, 0.15) is 17.2 Å². The summed E-state index contributed by atoms with van der Waals surface area (Å²) < 4.78 is 10.5. The highest BCUT2D eigenvalue weighted by molar-refractivity contribution is 6.46. The molecular formula is C24H19ClN2O4. The van der Waals surface area contributed by atoms with Crippen LogP contribution in [-0.4, -0.2) is 26.0 Å². The second-order valence-electron chi connectivity index (χ2n) is 6.76. The third-order valence-corrected chi connectivity index (χ3v) is 5.14. The molecule has 1 aliphatic heterocycles. The minimum Gasteiger partial charge on any atom is -0.497 e. The topological polar surface area (TPSA) is 67.9 Å². The summed E-state index contributed by atoms with van der Waals surface area (Å²) in [7, 11) is 3.13. The van der Waals surface area contributed by atoms with Gasteiger partial charge in [-0.3, -0.25) is 9.59 Å². The minimum atomic E-state index is -0.457. The molecule has 0 aliphatic carbocycles. The van der Waals surface area contributed by atoms with Crippen LogP contribution in [0.3, 0.4) is 0 Å². The number of anilines is 2. The molecule has 0 saturated heterocycles. The van der Waals surface area contributed by atoms with Crippen LogP contribution >= 0.6 is 11.6 Å². The normalized spacial score (nSPS) is 13.6. The number of benzene rings is 3. The molecule has 2 amide bonds. The van der Waals surface area contributed by atoms with Crippen LogP contribution in [0.25, 0.3) is 5.57 Å². The van der Waals surface area contributed by atoms with E-state index < -0.39 is 11.8 Å². The van der Waals surface area contributed by atoms with E-state index in [2.05, 4.69) is 5.32 Å². The van der Waals surface area contributed by atoms with Crippen molar-refractivity contribution in [2.24, 2.45) is 0 Å². The van der Waals surface area contributed by atoms with Crippen molar-refractivity contribution < 1.29 is 19.1 Å². The molecule has 0 bridgehead atoms. The van der Waals surface area contributed by atoms with E-state index in [-0.39, 0.29) is 11.3 Å². The average Bonchev–Trinajstić information content (AvgIpc) is 3.04. The fourth-order valence-corrected chi connectivity index (χ4v) is 3.47. The van der Waals surface area contributed by atoms with Crippen LogP contribution in [0.15, 0.2) is 78.5 Å². The number of rotatable bonds is 6. The van der Waals surface area contributed by atoms with Gasteiger partial charge in [-0.15, -0.1) is 0 Å². The van der Waals surface area contributed by atoms with Gasteiger partial charge >= 0.3 is 0 Å². The first-order chi connectivity index (χ1) is 15.0. The zero-order chi connectivity index (χ0) is 22.0. The Bertz CT molecular complexity index is 1170. The van der Waals surface area contributed by atoms with Gasteiger partial charge < -0.3 is 14.8 Å². The quantitative estimate of drug-likeness (QED) is 0.567. The number of imide groups is 1. The molecule has 0 saturated carbocycles. The maximum Gasteiger partial charge on any atom is 0.282 e. The summed E-state index contributed by atoms with van der Waals surface area (Å²) in [6.07, 6.45) is 0. The molecule has 0 unspecified atom stereocenters. The van der Waals surface area contributed by atoms with E-state index in [1.165, 1.54) is 0 Å². The summed E-state index contributed by atoms with van der Waals surface area (Å²) in [4.78, 5) is 27.9. The van der Waals surface area contributed by atoms with Crippen molar-refractivity contribution in [1.29, 1.82) is 0 Å². The molecule has 7 heteroatoms. The molecule has 0 atom stereocenters. The minimum absolute atomic E-state index is 0.179. The summed E-state index contributed by atoms with van der Waals surface area (Å²) in [5, 5.41) is 3.63. The Kier molecular flexibility index (Phi) is 5.64. The van der Waals surface area contributed by atoms with Crippen LogP contribution in [0.1, 0.15) is 5.56 Å². The molecule has 0 radical (unpaired) electrons. The fourth-order valence-electron chi connectivity index (χ4n) is 3.34. The SMILES string of the molecule is COc1ccc(C2=C(Nc3cccc(OC)c3)C(=O)N(c3ccc(Cl)cc3)C2=O)cc1. The van der Waals surface area contributed by atoms with Gasteiger partial charge in [0.05, 0.1) is 25.5 Å². The molecule has 31 heavy (non-hydrogen) atoms. The lowest BCUT2D eigenvalue weighted by atomic mass is 10.0. The van der Waals surface area contributed by atoms with Gasteiger partial charge in [0.15, 0.2) is 0 Å². The molecule has 3 aromatic rings. The molecule has 1 heterocycles. The first kappa shape index (κ1) is 20.5. The second kappa shape index (κ2) is 8.53. The first-order valence-corrected chi connectivity index (χ1v) is 9.83. The molecule has 0 fully saturated rings. The van der Waals surface area contributed by atoms with Crippen molar-refractivity contribution in [2.45, 2.75) is 0 Å². The smallest absolute Gasteiger partial charge is 0.282 e. The van der Waals surface area contributed by atoms with E-state index in [9.17, 15) is 9.59 Å². The number of nitrogens with one attached hydrogen (secondary N) is 1. The van der Waals surface area contributed by atoms with Crippen molar-refractivity contribution in [2.75, 3.05) is 24.4 Å². The number of halogens is 1. The molecule has 0 aromatic heterocycles. The lowest BCUT2D eigenvalue weighted by Crippen LogP contribution is -2.32. The zero-order valence-corrected chi connectivity index (χ0v) is 17.6. The van der Waals surface area contributed by atoms with Gasteiger partial charge in [0.2, 0.25) is 0 Å². The summed E-state index contributed by atoms with van der Waals surface area (Å²) in [5.41, 5.74) is 2.11. The van der Waals surface area contributed by atoms with Crippen LogP contribution in [0.5, 0.6) is 11.5 Å². The van der Waals surface area contributed by atoms with Gasteiger partial charge in [0, 0.05) is 16.8 Å². The summed E-state index contributed by atoms with van der Waals surface area (Å²) >= 11 is 5.97. The van der Waals surface area contributed by atoms with E-state index in [0.717, 1.165) is 4.90 Å². The number of carbonyl (C=O) groups is 2. The van der Waals surface area contributed by atoms with Gasteiger partial charge in [-0.25, -0.2) is 4.90 Å². The Morgan fingerprint density at radius 2 is 1.48 bits per heavy atom. The van der Waals surface area contributed by atoms with Gasteiger partial charge in [-0.1, -0.05) is 29.8 Å². The number of methoxy groups -OCH3 is 2. The molecule has 0 spiro atoms. The van der Waals surface area contributed by atoms with Gasteiger partial charge in [-0.05, 0) is 54.1 Å². The summed E-state index contributed by atoms with van der Waals surface area (Å²) in [6, 6.07) is 20.7. The largest absolute Gasteiger partial charge is 0.497 e. The van der Waals surface area contributed by atoms with Crippen molar-refractivity contribution in [3.8, 4) is 11.5 Å². The number of amides is 2. The number of nitrogens with zero attached hydrogens (tertiary/aromatic N) is 1. The Balaban J connectivity index is 1.80. The average molecular weight is 435 g/mol. The van der Waals surface area contributed by atoms with Crippen molar-refractivity contribution in [3.63, 3.8) is 0 Å². The standard InChI is InChI=1S/C24H19ClN2O4/c1-30-19-12-6-15(7-13-19)21-22(26-17-4-3-5-20(14-17)31-2)24(29)27(23(21)28)18-10-8-16(25)9-11-18/h3-14,26H,1-2H3. The lowest BCUT2D eigenvalue weighted by molar-refractivity contribution is -0.120. The van der Waals surface area contributed by atoms with Crippen molar-refractivity contribution in [1.82, 2.24) is 0 Å². The van der Waals surface area contributed by atoms with Crippen LogP contribution in [-0.2, 0) is 9.59 Å². The molecule has 1 N–H and O–H groups in total. The molecular weight excluding hydrogens is 416 g/mol. The van der Waals surface area contributed by atoms with Crippen molar-refractivity contribution >= 4 is 40.4 Å². The van der Waals surface area contributed by atoms with Crippen LogP contribution < -0.4 is 19.7 Å². The number of ether oxygens (including phenoxy) is 2. The lowest BCUT2D eigenvalue weighted by Gasteiger charge is -2.15. The highest BCUT2D eigenvalue weighted by Crippen LogP contribution is 2.35. The number of carbonyl (C=O) groups excluding carboxylic acids is 2. The van der Waals surface area contributed by atoms with Crippen molar-refractivity contribution in [3.05, 3.63) is 89.1 Å². The first-order valence-electron chi connectivity index (χ1n) is 9.46. The summed E-state index contributed by atoms with van der Waals surface area (Å²) in [5.74, 6) is 0.393. The van der Waals surface area contributed by atoms with Gasteiger partial charge in [-0.2, -0.15) is 0 Å². The maximum absolute atomic E-state index is 13.4. The Labute approximate surface area is 184 Å². The number of hydrogen-bond donors (Lipinski definition) is 1. The van der Waals surface area contributed by atoms with E-state index in [4.69, 9.17) is 21.1 Å². The van der Waals surface area contributed by atoms with E-state index >= 15 is 0 Å². The van der Waals surface area contributed by atoms with Crippen LogP contribution in [0, 0.1) is 0 Å². The van der Waals surface area contributed by atoms with Crippen LogP contribution in [0.2, 0.25) is 5.02 Å². The predicted octanol–water partition coefficient (Wildman–Crippen LogP) is 4.75. The maximum atomic E-state index is 13.4. The third kappa shape index (κ3) is 3.98. The molecule has 3 aromatic carbocycles. The van der Waals surface area contributed by atoms with Crippen LogP contribution in [0.4, 0.5) is 11.4 Å². The van der Waals surface area contributed by atoms with E-state index in [0.29, 0.717) is 33.5 Å². The molecule has 156 valence electrons. The van der Waals surface area contributed by atoms with E-state index in [1.54, 1.807) is 87.0 Å².